The quantitative estimate of drug-likeness (QED) is 0.571. The Kier molecular flexibility index (Phi) is 7.85. The van der Waals surface area contributed by atoms with Crippen molar-refractivity contribution in [3.63, 3.8) is 0 Å². The van der Waals surface area contributed by atoms with Gasteiger partial charge in [-0.05, 0) is 44.5 Å². The van der Waals surface area contributed by atoms with Crippen LogP contribution in [0, 0.1) is 0 Å². The fourth-order valence-electron chi connectivity index (χ4n) is 2.77. The molecule has 1 amide bonds. The van der Waals surface area contributed by atoms with Crippen LogP contribution in [-0.4, -0.2) is 64.7 Å². The Bertz CT molecular complexity index is 719. The van der Waals surface area contributed by atoms with Crippen LogP contribution in [0.15, 0.2) is 47.7 Å². The Labute approximate surface area is 161 Å². The number of likely N-dealkylation sites (N-methyl/N-ethyl adjacent to an activating group) is 2. The fourth-order valence-corrected chi connectivity index (χ4v) is 2.77. The zero-order valence-electron chi connectivity index (χ0n) is 16.7. The summed E-state index contributed by atoms with van der Waals surface area (Å²) in [5, 5.41) is 7.49. The Morgan fingerprint density at radius 3 is 2.44 bits per heavy atom. The number of carbonyl (C=O) groups excluding carboxylic acids is 1. The molecule has 0 atom stereocenters. The van der Waals surface area contributed by atoms with Crippen molar-refractivity contribution in [1.29, 1.82) is 0 Å². The van der Waals surface area contributed by atoms with Crippen LogP contribution in [0.4, 0.5) is 0 Å². The van der Waals surface area contributed by atoms with E-state index in [0.29, 0.717) is 13.1 Å². The first-order valence-electron chi connectivity index (χ1n) is 9.45. The number of rotatable bonds is 8. The molecule has 1 heterocycles. The average molecular weight is 371 g/mol. The maximum atomic E-state index is 12.3. The molecule has 7 heteroatoms. The number of nitrogens with zero attached hydrogens (tertiary/aromatic N) is 5. The van der Waals surface area contributed by atoms with Crippen molar-refractivity contribution in [2.45, 2.75) is 27.3 Å². The topological polar surface area (TPSA) is 65.8 Å². The van der Waals surface area contributed by atoms with Crippen LogP contribution in [0.5, 0.6) is 0 Å². The summed E-state index contributed by atoms with van der Waals surface area (Å²) in [7, 11) is 1.89. The average Bonchev–Trinajstić information content (AvgIpc) is 3.21. The maximum Gasteiger partial charge on any atom is 0.242 e. The minimum Gasteiger partial charge on any atom is -0.357 e. The molecule has 0 aliphatic heterocycles. The number of aliphatic imine (C=N–C) groups is 1. The number of aromatic nitrogens is 2. The fraction of sp³-hybridized carbons (Fsp3) is 0.450. The van der Waals surface area contributed by atoms with Gasteiger partial charge in [0.1, 0.15) is 0 Å². The lowest BCUT2D eigenvalue weighted by atomic mass is 10.2. The third-order valence-electron chi connectivity index (χ3n) is 4.30. The number of guanidine groups is 1. The number of hydrogen-bond acceptors (Lipinski definition) is 3. The van der Waals surface area contributed by atoms with Crippen molar-refractivity contribution in [3.05, 3.63) is 48.3 Å². The lowest BCUT2D eigenvalue weighted by Gasteiger charge is -2.25. The highest BCUT2D eigenvalue weighted by Crippen LogP contribution is 2.09. The number of nitrogens with one attached hydrogen (secondary N) is 1. The molecule has 7 nitrogen and oxygen atoms in total. The van der Waals surface area contributed by atoms with Gasteiger partial charge in [0.2, 0.25) is 5.91 Å². The summed E-state index contributed by atoms with van der Waals surface area (Å²) in [6, 6.07) is 10.0. The second kappa shape index (κ2) is 10.4. The highest BCUT2D eigenvalue weighted by molar-refractivity contribution is 5.86. The smallest absolute Gasteiger partial charge is 0.242 e. The summed E-state index contributed by atoms with van der Waals surface area (Å²) >= 11 is 0. The molecule has 2 rings (SSSR count). The van der Waals surface area contributed by atoms with E-state index in [-0.39, 0.29) is 5.91 Å². The second-order valence-corrected chi connectivity index (χ2v) is 6.21. The number of hydrogen-bond donors (Lipinski definition) is 1. The van der Waals surface area contributed by atoms with E-state index >= 15 is 0 Å². The molecule has 0 saturated carbocycles. The lowest BCUT2D eigenvalue weighted by molar-refractivity contribution is -0.131. The molecule has 0 unspecified atom stereocenters. The SMILES string of the molecule is CCNC(=NCc1ccc(-n2cccn2)cc1)N(C)CC(=O)N(CC)CC. The van der Waals surface area contributed by atoms with E-state index in [0.717, 1.165) is 36.8 Å². The largest absolute Gasteiger partial charge is 0.357 e. The van der Waals surface area contributed by atoms with Crippen LogP contribution in [0.1, 0.15) is 26.3 Å². The van der Waals surface area contributed by atoms with Gasteiger partial charge in [-0.2, -0.15) is 5.10 Å². The Morgan fingerprint density at radius 1 is 1.19 bits per heavy atom. The predicted octanol–water partition coefficient (Wildman–Crippen LogP) is 2.14. The molecule has 0 aliphatic rings. The van der Waals surface area contributed by atoms with E-state index in [9.17, 15) is 4.79 Å². The molecular weight excluding hydrogens is 340 g/mol. The van der Waals surface area contributed by atoms with Crippen molar-refractivity contribution >= 4 is 11.9 Å². The summed E-state index contributed by atoms with van der Waals surface area (Å²) in [5.74, 6) is 0.839. The van der Waals surface area contributed by atoms with Crippen molar-refractivity contribution < 1.29 is 4.79 Å². The van der Waals surface area contributed by atoms with Gasteiger partial charge < -0.3 is 15.1 Å². The van der Waals surface area contributed by atoms with Crippen molar-refractivity contribution in [1.82, 2.24) is 24.9 Å². The minimum absolute atomic E-state index is 0.108. The van der Waals surface area contributed by atoms with E-state index < -0.39 is 0 Å². The van der Waals surface area contributed by atoms with Gasteiger partial charge in [0.05, 0.1) is 18.8 Å². The lowest BCUT2D eigenvalue weighted by Crippen LogP contribution is -2.45. The van der Waals surface area contributed by atoms with E-state index in [2.05, 4.69) is 15.4 Å². The van der Waals surface area contributed by atoms with Gasteiger partial charge in [-0.1, -0.05) is 12.1 Å². The van der Waals surface area contributed by atoms with Crippen LogP contribution in [0.2, 0.25) is 0 Å². The zero-order chi connectivity index (χ0) is 19.6. The summed E-state index contributed by atoms with van der Waals surface area (Å²) in [4.78, 5) is 20.7. The maximum absolute atomic E-state index is 12.3. The van der Waals surface area contributed by atoms with Crippen molar-refractivity contribution in [2.75, 3.05) is 33.2 Å². The Morgan fingerprint density at radius 2 is 1.89 bits per heavy atom. The summed E-state index contributed by atoms with van der Waals surface area (Å²) < 4.78 is 1.82. The van der Waals surface area contributed by atoms with E-state index in [1.165, 1.54) is 0 Å². The normalized spacial score (nSPS) is 11.3. The van der Waals surface area contributed by atoms with Gasteiger partial charge in [0.15, 0.2) is 5.96 Å². The molecule has 0 bridgehead atoms. The van der Waals surface area contributed by atoms with E-state index in [1.54, 1.807) is 6.20 Å². The van der Waals surface area contributed by atoms with Crippen molar-refractivity contribution in [2.24, 2.45) is 4.99 Å². The van der Waals surface area contributed by atoms with Crippen LogP contribution < -0.4 is 5.32 Å². The number of amides is 1. The molecule has 146 valence electrons. The Balaban J connectivity index is 2.02. The summed E-state index contributed by atoms with van der Waals surface area (Å²) in [6.45, 7) is 9.06. The highest BCUT2D eigenvalue weighted by atomic mass is 16.2. The minimum atomic E-state index is 0.108. The number of carbonyl (C=O) groups is 1. The van der Waals surface area contributed by atoms with E-state index in [1.807, 2.05) is 78.8 Å². The van der Waals surface area contributed by atoms with Gasteiger partial charge in [0.25, 0.3) is 0 Å². The predicted molar refractivity (Wildman–Crippen MR) is 109 cm³/mol. The van der Waals surface area contributed by atoms with Crippen LogP contribution >= 0.6 is 0 Å². The first-order chi connectivity index (χ1) is 13.1. The van der Waals surface area contributed by atoms with Gasteiger partial charge in [-0.3, -0.25) is 4.79 Å². The van der Waals surface area contributed by atoms with Gasteiger partial charge in [-0.25, -0.2) is 9.67 Å². The molecule has 1 aromatic carbocycles. The molecule has 27 heavy (non-hydrogen) atoms. The molecular formula is C20H30N6O. The second-order valence-electron chi connectivity index (χ2n) is 6.21. The molecule has 2 aromatic rings. The molecule has 1 N–H and O–H groups in total. The van der Waals surface area contributed by atoms with E-state index in [4.69, 9.17) is 0 Å². The first kappa shape index (κ1) is 20.5. The third-order valence-corrected chi connectivity index (χ3v) is 4.30. The zero-order valence-corrected chi connectivity index (χ0v) is 16.7. The standard InChI is InChI=1S/C20H30N6O/c1-5-21-20(24(4)16-19(27)25(6-2)7-3)22-15-17-9-11-18(12-10-17)26-14-8-13-23-26/h8-14H,5-7,15-16H2,1-4H3,(H,21,22). The van der Waals surface area contributed by atoms with Gasteiger partial charge in [-0.15, -0.1) is 0 Å². The van der Waals surface area contributed by atoms with Crippen molar-refractivity contribution in [3.8, 4) is 5.69 Å². The molecule has 0 saturated heterocycles. The Hall–Kier alpha value is -2.83. The highest BCUT2D eigenvalue weighted by Gasteiger charge is 2.14. The summed E-state index contributed by atoms with van der Waals surface area (Å²) in [5.41, 5.74) is 2.12. The van der Waals surface area contributed by atoms with Gasteiger partial charge in [0, 0.05) is 39.1 Å². The molecule has 0 radical (unpaired) electrons. The molecule has 1 aromatic heterocycles. The first-order valence-corrected chi connectivity index (χ1v) is 9.45. The van der Waals surface area contributed by atoms with Crippen LogP contribution in [0.25, 0.3) is 5.69 Å². The molecule has 0 spiro atoms. The third kappa shape index (κ3) is 5.84. The number of benzene rings is 1. The molecule has 0 aliphatic carbocycles. The summed E-state index contributed by atoms with van der Waals surface area (Å²) in [6.07, 6.45) is 3.68. The molecule has 0 fully saturated rings. The van der Waals surface area contributed by atoms with Crippen LogP contribution in [0.3, 0.4) is 0 Å². The van der Waals surface area contributed by atoms with Gasteiger partial charge >= 0.3 is 0 Å². The van der Waals surface area contributed by atoms with Crippen LogP contribution in [-0.2, 0) is 11.3 Å². The monoisotopic (exact) mass is 370 g/mol.